The largest absolute Gasteiger partial charge is 0.378 e. The van der Waals surface area contributed by atoms with Gasteiger partial charge in [-0.25, -0.2) is 4.79 Å². The van der Waals surface area contributed by atoms with Gasteiger partial charge in [0.15, 0.2) is 11.5 Å². The van der Waals surface area contributed by atoms with Crippen molar-refractivity contribution in [1.82, 2.24) is 25.2 Å². The van der Waals surface area contributed by atoms with Crippen molar-refractivity contribution < 1.29 is 9.53 Å². The normalized spacial score (nSPS) is 24.4. The van der Waals surface area contributed by atoms with Gasteiger partial charge in [0.05, 0.1) is 12.6 Å². The van der Waals surface area contributed by atoms with E-state index < -0.39 is 0 Å². The van der Waals surface area contributed by atoms with Crippen molar-refractivity contribution >= 4 is 11.7 Å². The predicted octanol–water partition coefficient (Wildman–Crippen LogP) is 2.27. The monoisotopic (exact) mass is 343 g/mol. The van der Waals surface area contributed by atoms with Crippen molar-refractivity contribution in [3.8, 4) is 0 Å². The Bertz CT molecular complexity index is 753. The van der Waals surface area contributed by atoms with E-state index in [9.17, 15) is 4.79 Å². The number of carbonyl (C=O) groups excluding carboxylic acids is 1. The van der Waals surface area contributed by atoms with Gasteiger partial charge in [0.25, 0.3) is 0 Å². The molecule has 7 nitrogen and oxygen atoms in total. The summed E-state index contributed by atoms with van der Waals surface area (Å²) in [5, 5.41) is 14.3. The van der Waals surface area contributed by atoms with Crippen LogP contribution in [0, 0.1) is 5.41 Å². The van der Waals surface area contributed by atoms with Gasteiger partial charge in [0.1, 0.15) is 0 Å². The third kappa shape index (κ3) is 2.86. The minimum absolute atomic E-state index is 0.140. The van der Waals surface area contributed by atoms with Crippen LogP contribution in [0.15, 0.2) is 24.4 Å². The highest BCUT2D eigenvalue weighted by molar-refractivity contribution is 5.74. The van der Waals surface area contributed by atoms with Crippen molar-refractivity contribution in [1.29, 1.82) is 0 Å². The first-order valence-corrected chi connectivity index (χ1v) is 9.17. The van der Waals surface area contributed by atoms with Crippen molar-refractivity contribution in [2.45, 2.75) is 57.7 Å². The zero-order valence-electron chi connectivity index (χ0n) is 14.6. The number of aromatic nitrogens is 3. The van der Waals surface area contributed by atoms with Gasteiger partial charge in [-0.15, -0.1) is 10.2 Å². The van der Waals surface area contributed by atoms with E-state index >= 15 is 0 Å². The van der Waals surface area contributed by atoms with Crippen LogP contribution in [0.2, 0.25) is 0 Å². The number of fused-ring (bicyclic) bond motifs is 1. The molecule has 2 amide bonds. The van der Waals surface area contributed by atoms with E-state index in [0.717, 1.165) is 37.3 Å². The molecule has 25 heavy (non-hydrogen) atoms. The average molecular weight is 343 g/mol. The van der Waals surface area contributed by atoms with Crippen LogP contribution in [-0.4, -0.2) is 39.4 Å². The Morgan fingerprint density at radius 1 is 1.36 bits per heavy atom. The Morgan fingerprint density at radius 3 is 3.00 bits per heavy atom. The molecule has 0 unspecified atom stereocenters. The van der Waals surface area contributed by atoms with Crippen molar-refractivity contribution in [2.75, 3.05) is 6.61 Å². The molecular weight excluding hydrogens is 318 g/mol. The molecule has 0 saturated heterocycles. The molecule has 0 bridgehead atoms. The molecule has 2 saturated carbocycles. The van der Waals surface area contributed by atoms with Crippen LogP contribution in [0.4, 0.5) is 4.79 Å². The van der Waals surface area contributed by atoms with E-state index in [1.165, 1.54) is 12.8 Å². The zero-order chi connectivity index (χ0) is 17.3. The van der Waals surface area contributed by atoms with Crippen LogP contribution in [0.1, 0.15) is 44.9 Å². The maximum atomic E-state index is 12.4. The quantitative estimate of drug-likeness (QED) is 0.873. The Balaban J connectivity index is 1.35. The maximum Gasteiger partial charge on any atom is 0.315 e. The van der Waals surface area contributed by atoms with Gasteiger partial charge in [-0.2, -0.15) is 0 Å². The molecule has 134 valence electrons. The summed E-state index contributed by atoms with van der Waals surface area (Å²) < 4.78 is 7.78. The molecule has 0 aromatic carbocycles. The van der Waals surface area contributed by atoms with Crippen LogP contribution < -0.4 is 10.6 Å². The van der Waals surface area contributed by atoms with E-state index in [0.29, 0.717) is 12.6 Å². The van der Waals surface area contributed by atoms with Gasteiger partial charge >= 0.3 is 6.03 Å². The zero-order valence-corrected chi connectivity index (χ0v) is 14.6. The molecule has 2 N–H and O–H groups in total. The second-order valence-electron chi connectivity index (χ2n) is 7.04. The minimum atomic E-state index is -0.140. The van der Waals surface area contributed by atoms with Gasteiger partial charge in [-0.05, 0) is 38.3 Å². The smallest absolute Gasteiger partial charge is 0.315 e. The topological polar surface area (TPSA) is 80.5 Å². The molecule has 2 aromatic rings. The number of pyridine rings is 1. The molecule has 7 heteroatoms. The number of hydrogen-bond acceptors (Lipinski definition) is 4. The number of hydrogen-bond donors (Lipinski definition) is 2. The number of nitrogens with one attached hydrogen (secondary N) is 2. The molecule has 2 aliphatic rings. The van der Waals surface area contributed by atoms with Crippen LogP contribution >= 0.6 is 0 Å². The summed E-state index contributed by atoms with van der Waals surface area (Å²) in [4.78, 5) is 12.4. The van der Waals surface area contributed by atoms with Crippen molar-refractivity contribution in [3.05, 3.63) is 30.2 Å². The van der Waals surface area contributed by atoms with Gasteiger partial charge in [0, 0.05) is 24.3 Å². The van der Waals surface area contributed by atoms with Gasteiger partial charge in [0.2, 0.25) is 0 Å². The number of nitrogens with zero attached hydrogens (tertiary/aromatic N) is 3. The fourth-order valence-electron chi connectivity index (χ4n) is 4.47. The first-order chi connectivity index (χ1) is 12.2. The fourth-order valence-corrected chi connectivity index (χ4v) is 4.47. The van der Waals surface area contributed by atoms with Crippen LogP contribution in [0.25, 0.3) is 5.65 Å². The van der Waals surface area contributed by atoms with Crippen LogP contribution in [0.3, 0.4) is 0 Å². The maximum absolute atomic E-state index is 12.4. The van der Waals surface area contributed by atoms with Crippen LogP contribution in [-0.2, 0) is 11.3 Å². The van der Waals surface area contributed by atoms with E-state index in [4.69, 9.17) is 4.74 Å². The molecule has 0 radical (unpaired) electrons. The number of carbonyl (C=O) groups is 1. The lowest BCUT2D eigenvalue weighted by molar-refractivity contribution is -0.126. The molecule has 2 heterocycles. The summed E-state index contributed by atoms with van der Waals surface area (Å²) >= 11 is 0. The van der Waals surface area contributed by atoms with Gasteiger partial charge in [-0.1, -0.05) is 18.9 Å². The minimum Gasteiger partial charge on any atom is -0.378 e. The lowest BCUT2D eigenvalue weighted by atomic mass is 9.60. The third-order valence-corrected chi connectivity index (χ3v) is 5.78. The summed E-state index contributed by atoms with van der Waals surface area (Å²) in [6.45, 7) is 3.13. The summed E-state index contributed by atoms with van der Waals surface area (Å²) in [5.74, 6) is 0.724. The number of ether oxygens (including phenoxy) is 1. The summed E-state index contributed by atoms with van der Waals surface area (Å²) in [5.41, 5.74) is 0.928. The Kier molecular flexibility index (Phi) is 4.33. The summed E-state index contributed by atoms with van der Waals surface area (Å²) in [6, 6.07) is 5.80. The second-order valence-corrected chi connectivity index (χ2v) is 7.04. The van der Waals surface area contributed by atoms with Gasteiger partial charge in [-0.3, -0.25) is 4.40 Å². The van der Waals surface area contributed by atoms with Crippen LogP contribution in [0.5, 0.6) is 0 Å². The number of amides is 2. The third-order valence-electron chi connectivity index (χ3n) is 5.78. The molecule has 2 atom stereocenters. The molecule has 2 fully saturated rings. The molecular formula is C18H25N5O2. The molecule has 0 aliphatic heterocycles. The van der Waals surface area contributed by atoms with Gasteiger partial charge < -0.3 is 15.4 Å². The number of urea groups is 1. The molecule has 1 spiro atoms. The van der Waals surface area contributed by atoms with E-state index in [-0.39, 0.29) is 17.5 Å². The summed E-state index contributed by atoms with van der Waals surface area (Å²) in [6.07, 6.45) is 7.87. The lowest BCUT2D eigenvalue weighted by Gasteiger charge is -2.53. The standard InChI is InChI=1S/C18H25N5O2/c1-2-25-14-11-13(18(14)8-4-5-9-18)20-17(24)19-12-16-22-21-15-7-3-6-10-23(15)16/h3,6-7,10,13-14H,2,4-5,8-9,11-12H2,1H3,(H2,19,20,24)/t13-,14-/m1/s1. The van der Waals surface area contributed by atoms with Crippen molar-refractivity contribution in [3.63, 3.8) is 0 Å². The highest BCUT2D eigenvalue weighted by Crippen LogP contribution is 2.54. The molecule has 4 rings (SSSR count). The van der Waals surface area contributed by atoms with Crippen molar-refractivity contribution in [2.24, 2.45) is 5.41 Å². The predicted molar refractivity (Wildman–Crippen MR) is 93.1 cm³/mol. The molecule has 2 aromatic heterocycles. The summed E-state index contributed by atoms with van der Waals surface area (Å²) in [7, 11) is 0. The fraction of sp³-hybridized carbons (Fsp3) is 0.611. The lowest BCUT2D eigenvalue weighted by Crippen LogP contribution is -2.64. The van der Waals surface area contributed by atoms with E-state index in [2.05, 4.69) is 20.8 Å². The average Bonchev–Trinajstić information content (AvgIpc) is 3.28. The van der Waals surface area contributed by atoms with E-state index in [1.54, 1.807) is 0 Å². The Morgan fingerprint density at radius 2 is 2.20 bits per heavy atom. The Hall–Kier alpha value is -2.15. The molecule has 2 aliphatic carbocycles. The SMILES string of the molecule is CCO[C@@H]1C[C@@H](NC(=O)NCc2nnc3ccccn23)C12CCCC2. The first kappa shape index (κ1) is 16.3. The first-order valence-electron chi connectivity index (χ1n) is 9.17. The highest BCUT2D eigenvalue weighted by Gasteiger charge is 2.57. The second kappa shape index (κ2) is 6.63. The Labute approximate surface area is 147 Å². The van der Waals surface area contributed by atoms with E-state index in [1.807, 2.05) is 35.7 Å². The highest BCUT2D eigenvalue weighted by atomic mass is 16.5. The number of rotatable bonds is 5.